The summed E-state index contributed by atoms with van der Waals surface area (Å²) in [6.07, 6.45) is 1.96. The molecule has 0 amide bonds. The maximum Gasteiger partial charge on any atom is 0.129 e. The normalized spacial score (nSPS) is 15.9. The highest BCUT2D eigenvalue weighted by Crippen LogP contribution is 2.25. The molecule has 0 saturated carbocycles. The molecule has 1 aliphatic rings. The van der Waals surface area contributed by atoms with Crippen molar-refractivity contribution in [1.82, 2.24) is 0 Å². The third-order valence-electron chi connectivity index (χ3n) is 3.02. The molecule has 1 aromatic rings. The Kier molecular flexibility index (Phi) is 2.61. The Balaban J connectivity index is 2.40. The van der Waals surface area contributed by atoms with Gasteiger partial charge in [-0.3, -0.25) is 0 Å². The predicted molar refractivity (Wildman–Crippen MR) is 58.9 cm³/mol. The largest absolute Gasteiger partial charge is 0.376 e. The molecule has 1 aromatic carbocycles. The number of carbonyl (C=O) groups excluding carboxylic acids is 1. The van der Waals surface area contributed by atoms with Crippen molar-refractivity contribution >= 4 is 6.29 Å². The molecule has 2 nitrogen and oxygen atoms in total. The Bertz CT molecular complexity index is 380. The van der Waals surface area contributed by atoms with Gasteiger partial charge < -0.3 is 9.53 Å². The van der Waals surface area contributed by atoms with Crippen LogP contribution in [0.15, 0.2) is 18.2 Å². The highest BCUT2D eigenvalue weighted by atomic mass is 16.5. The molecular weight excluding hydrogens is 188 g/mol. The number of benzene rings is 1. The lowest BCUT2D eigenvalue weighted by Gasteiger charge is -2.22. The number of rotatable bonds is 2. The average molecular weight is 204 g/mol. The first-order chi connectivity index (χ1) is 7.13. The van der Waals surface area contributed by atoms with Gasteiger partial charge in [0.15, 0.2) is 0 Å². The molecular formula is C13H16O2. The molecule has 0 bridgehead atoms. The summed E-state index contributed by atoms with van der Waals surface area (Å²) in [4.78, 5) is 11.0. The summed E-state index contributed by atoms with van der Waals surface area (Å²) in [5.74, 6) is 0. The van der Waals surface area contributed by atoms with Crippen molar-refractivity contribution in [3.05, 3.63) is 34.9 Å². The summed E-state index contributed by atoms with van der Waals surface area (Å²) < 4.78 is 5.38. The van der Waals surface area contributed by atoms with E-state index in [1.54, 1.807) is 0 Å². The van der Waals surface area contributed by atoms with Gasteiger partial charge in [0.1, 0.15) is 6.29 Å². The third kappa shape index (κ3) is 1.95. The van der Waals surface area contributed by atoms with Crippen LogP contribution in [0.3, 0.4) is 0 Å². The van der Waals surface area contributed by atoms with Crippen LogP contribution in [0.4, 0.5) is 0 Å². The second kappa shape index (κ2) is 3.78. The van der Waals surface area contributed by atoms with E-state index >= 15 is 0 Å². The second-order valence-electron chi connectivity index (χ2n) is 4.63. The molecule has 0 N–H and O–H groups in total. The lowest BCUT2D eigenvalue weighted by atomic mass is 9.84. The van der Waals surface area contributed by atoms with E-state index in [-0.39, 0.29) is 5.41 Å². The maximum atomic E-state index is 11.0. The van der Waals surface area contributed by atoms with E-state index in [9.17, 15) is 4.79 Å². The van der Waals surface area contributed by atoms with Crippen molar-refractivity contribution in [2.45, 2.75) is 32.3 Å². The zero-order chi connectivity index (χ0) is 10.9. The van der Waals surface area contributed by atoms with E-state index < -0.39 is 0 Å². The van der Waals surface area contributed by atoms with E-state index in [0.717, 1.165) is 24.9 Å². The Hall–Kier alpha value is -1.15. The lowest BCUT2D eigenvalue weighted by Crippen LogP contribution is -2.20. The lowest BCUT2D eigenvalue weighted by molar-refractivity contribution is -0.111. The Morgan fingerprint density at radius 2 is 2.13 bits per heavy atom. The smallest absolute Gasteiger partial charge is 0.129 e. The van der Waals surface area contributed by atoms with Gasteiger partial charge in [0.2, 0.25) is 0 Å². The summed E-state index contributed by atoms with van der Waals surface area (Å²) in [5, 5.41) is 0. The van der Waals surface area contributed by atoms with Gasteiger partial charge in [-0.05, 0) is 37.0 Å². The Morgan fingerprint density at radius 3 is 2.87 bits per heavy atom. The fourth-order valence-electron chi connectivity index (χ4n) is 1.83. The second-order valence-corrected chi connectivity index (χ2v) is 4.63. The van der Waals surface area contributed by atoms with Gasteiger partial charge in [0, 0.05) is 5.41 Å². The summed E-state index contributed by atoms with van der Waals surface area (Å²) >= 11 is 0. The zero-order valence-electron chi connectivity index (χ0n) is 9.25. The first-order valence-electron chi connectivity index (χ1n) is 5.30. The number of aldehydes is 1. The number of carbonyl (C=O) groups is 1. The topological polar surface area (TPSA) is 26.3 Å². The van der Waals surface area contributed by atoms with Crippen LogP contribution in [0.25, 0.3) is 0 Å². The minimum absolute atomic E-state index is 0.382. The maximum absolute atomic E-state index is 11.0. The van der Waals surface area contributed by atoms with E-state index in [1.165, 1.54) is 11.1 Å². The van der Waals surface area contributed by atoms with E-state index in [1.807, 2.05) is 19.9 Å². The van der Waals surface area contributed by atoms with Gasteiger partial charge in [-0.2, -0.15) is 0 Å². The molecule has 15 heavy (non-hydrogen) atoms. The number of fused-ring (bicyclic) bond motifs is 1. The first-order valence-corrected chi connectivity index (χ1v) is 5.30. The molecule has 0 aliphatic carbocycles. The molecule has 0 atom stereocenters. The van der Waals surface area contributed by atoms with E-state index in [2.05, 4.69) is 12.1 Å². The number of hydrogen-bond donors (Lipinski definition) is 0. The van der Waals surface area contributed by atoms with Crippen molar-refractivity contribution in [3.8, 4) is 0 Å². The molecule has 0 radical (unpaired) electrons. The van der Waals surface area contributed by atoms with Crippen LogP contribution in [0.1, 0.15) is 30.5 Å². The van der Waals surface area contributed by atoms with Crippen molar-refractivity contribution in [3.63, 3.8) is 0 Å². The quantitative estimate of drug-likeness (QED) is 0.690. The van der Waals surface area contributed by atoms with Crippen LogP contribution in [0.5, 0.6) is 0 Å². The van der Waals surface area contributed by atoms with Gasteiger partial charge in [0.25, 0.3) is 0 Å². The van der Waals surface area contributed by atoms with Crippen LogP contribution in [0.2, 0.25) is 0 Å². The predicted octanol–water partition coefficient (Wildman–Crippen LogP) is 2.24. The SMILES string of the molecule is CC(C)(C=O)c1ccc2c(c1)CCOC2. The molecule has 0 spiro atoms. The van der Waals surface area contributed by atoms with E-state index in [4.69, 9.17) is 4.74 Å². The van der Waals surface area contributed by atoms with Crippen molar-refractivity contribution < 1.29 is 9.53 Å². The highest BCUT2D eigenvalue weighted by molar-refractivity contribution is 5.67. The Labute approximate surface area is 90.3 Å². The Morgan fingerprint density at radius 1 is 1.33 bits per heavy atom. The molecule has 0 aromatic heterocycles. The molecule has 80 valence electrons. The number of hydrogen-bond acceptors (Lipinski definition) is 2. The first kappa shape index (κ1) is 10.4. The van der Waals surface area contributed by atoms with Gasteiger partial charge in [-0.15, -0.1) is 0 Å². The molecule has 1 aliphatic heterocycles. The summed E-state index contributed by atoms with van der Waals surface area (Å²) in [6.45, 7) is 5.39. The fraction of sp³-hybridized carbons (Fsp3) is 0.462. The summed E-state index contributed by atoms with van der Waals surface area (Å²) in [5.41, 5.74) is 3.30. The monoisotopic (exact) mass is 204 g/mol. The van der Waals surface area contributed by atoms with E-state index in [0.29, 0.717) is 6.61 Å². The molecule has 0 fully saturated rings. The van der Waals surface area contributed by atoms with Gasteiger partial charge in [0.05, 0.1) is 13.2 Å². The fourth-order valence-corrected chi connectivity index (χ4v) is 1.83. The molecule has 1 heterocycles. The molecule has 0 unspecified atom stereocenters. The minimum Gasteiger partial charge on any atom is -0.376 e. The average Bonchev–Trinajstić information content (AvgIpc) is 2.28. The minimum atomic E-state index is -0.382. The van der Waals surface area contributed by atoms with Gasteiger partial charge in [-0.1, -0.05) is 18.2 Å². The standard InChI is InChI=1S/C13H16O2/c1-13(2,9-14)12-4-3-11-8-15-6-5-10(11)7-12/h3-4,7,9H,5-6,8H2,1-2H3. The third-order valence-corrected chi connectivity index (χ3v) is 3.02. The zero-order valence-corrected chi connectivity index (χ0v) is 9.25. The molecule has 2 rings (SSSR count). The van der Waals surface area contributed by atoms with Crippen LogP contribution in [-0.4, -0.2) is 12.9 Å². The molecule has 0 saturated heterocycles. The summed E-state index contributed by atoms with van der Waals surface area (Å²) in [6, 6.07) is 6.25. The van der Waals surface area contributed by atoms with Gasteiger partial charge in [-0.25, -0.2) is 0 Å². The van der Waals surface area contributed by atoms with Crippen LogP contribution in [0, 0.1) is 0 Å². The summed E-state index contributed by atoms with van der Waals surface area (Å²) in [7, 11) is 0. The van der Waals surface area contributed by atoms with Crippen LogP contribution < -0.4 is 0 Å². The van der Waals surface area contributed by atoms with Crippen LogP contribution >= 0.6 is 0 Å². The molecule has 2 heteroatoms. The van der Waals surface area contributed by atoms with Gasteiger partial charge >= 0.3 is 0 Å². The van der Waals surface area contributed by atoms with Crippen molar-refractivity contribution in [2.24, 2.45) is 0 Å². The highest BCUT2D eigenvalue weighted by Gasteiger charge is 2.21. The van der Waals surface area contributed by atoms with Crippen LogP contribution in [-0.2, 0) is 28.0 Å². The van der Waals surface area contributed by atoms with Crippen molar-refractivity contribution in [1.29, 1.82) is 0 Å². The van der Waals surface area contributed by atoms with Crippen molar-refractivity contribution in [2.75, 3.05) is 6.61 Å². The number of ether oxygens (including phenoxy) is 1.